The fraction of sp³-hybridized carbons (Fsp3) is 0.0526. The molecule has 0 heterocycles. The summed E-state index contributed by atoms with van der Waals surface area (Å²) in [5.41, 5.74) is 6.36. The van der Waals surface area contributed by atoms with E-state index in [0.29, 0.717) is 0 Å². The first-order valence-corrected chi connectivity index (χ1v) is 16.0. The Labute approximate surface area is 250 Å². The third-order valence-electron chi connectivity index (χ3n) is 7.72. The van der Waals surface area contributed by atoms with Crippen molar-refractivity contribution in [3.05, 3.63) is 192 Å². The highest BCUT2D eigenvalue weighted by Gasteiger charge is 2.34. The van der Waals surface area contributed by atoms with E-state index in [1.54, 1.807) is 0 Å². The molecule has 6 aromatic carbocycles. The van der Waals surface area contributed by atoms with Gasteiger partial charge in [-0.2, -0.15) is 0 Å². The Morgan fingerprint density at radius 2 is 0.905 bits per heavy atom. The first kappa shape index (κ1) is 28.2. The van der Waals surface area contributed by atoms with Crippen LogP contribution in [0.2, 0.25) is 0 Å². The molecule has 0 spiro atoms. The van der Waals surface area contributed by atoms with Crippen molar-refractivity contribution in [3.63, 3.8) is 0 Å². The number of benzene rings is 6. The van der Waals surface area contributed by atoms with E-state index in [2.05, 4.69) is 112 Å². The predicted molar refractivity (Wildman–Crippen MR) is 177 cm³/mol. The highest BCUT2D eigenvalue weighted by atomic mass is 31.1. The molecule has 0 aromatic heterocycles. The molecule has 4 heteroatoms. The highest BCUT2D eigenvalue weighted by molar-refractivity contribution is 7.72. The molecule has 0 aliphatic rings. The maximum atomic E-state index is 14.1. The van der Waals surface area contributed by atoms with Crippen molar-refractivity contribution in [2.24, 2.45) is 0 Å². The summed E-state index contributed by atoms with van der Waals surface area (Å²) in [4.78, 5) is 0. The van der Waals surface area contributed by atoms with Crippen LogP contribution in [0.25, 0.3) is 11.1 Å². The number of halogens is 2. The van der Waals surface area contributed by atoms with E-state index in [1.807, 2.05) is 30.3 Å². The van der Waals surface area contributed by atoms with Crippen LogP contribution in [0.5, 0.6) is 0 Å². The Balaban J connectivity index is 1.52. The summed E-state index contributed by atoms with van der Waals surface area (Å²) in [6, 6.07) is 51.7. The van der Waals surface area contributed by atoms with Gasteiger partial charge in [0.1, 0.15) is 11.6 Å². The van der Waals surface area contributed by atoms with Gasteiger partial charge in [0, 0.05) is 6.16 Å². The molecule has 0 aliphatic carbocycles. The van der Waals surface area contributed by atoms with Crippen molar-refractivity contribution < 1.29 is 8.78 Å². The molecule has 0 nitrogen and oxygen atoms in total. The lowest BCUT2D eigenvalue weighted by Crippen LogP contribution is -2.23. The van der Waals surface area contributed by atoms with Gasteiger partial charge in [0.25, 0.3) is 0 Å². The van der Waals surface area contributed by atoms with Gasteiger partial charge < -0.3 is 0 Å². The standard InChI is InChI=1S/C38H30F2P2/c39-31-23-19-29(20-24-31)38(41,30-21-25-32(40)26-22-30)37-18-10-9-17-36(37)35-16-8-7-11-28(35)27-42(33-12-3-1-4-13-33)34-14-5-2-6-15-34/h1-26H,27,41H2. The topological polar surface area (TPSA) is 0 Å². The number of hydrogen-bond donors (Lipinski definition) is 0. The molecule has 6 aromatic rings. The van der Waals surface area contributed by atoms with Gasteiger partial charge in [0.2, 0.25) is 0 Å². The molecule has 6 rings (SSSR count). The normalized spacial score (nSPS) is 11.5. The van der Waals surface area contributed by atoms with Crippen LogP contribution in [0.15, 0.2) is 158 Å². The maximum absolute atomic E-state index is 14.1. The van der Waals surface area contributed by atoms with Gasteiger partial charge in [-0.1, -0.05) is 133 Å². The molecular formula is C38H30F2P2. The molecule has 0 radical (unpaired) electrons. The molecule has 0 N–H and O–H groups in total. The maximum Gasteiger partial charge on any atom is 0.123 e. The monoisotopic (exact) mass is 586 g/mol. The van der Waals surface area contributed by atoms with Crippen LogP contribution in [0.1, 0.15) is 22.3 Å². The summed E-state index contributed by atoms with van der Waals surface area (Å²) in [5, 5.41) is 1.92. The lowest BCUT2D eigenvalue weighted by Gasteiger charge is -2.34. The fourth-order valence-electron chi connectivity index (χ4n) is 5.60. The summed E-state index contributed by atoms with van der Waals surface area (Å²) in [6.07, 6.45) is 0.880. The van der Waals surface area contributed by atoms with E-state index in [0.717, 1.165) is 34.0 Å². The van der Waals surface area contributed by atoms with E-state index in [9.17, 15) is 8.78 Å². The van der Waals surface area contributed by atoms with Crippen molar-refractivity contribution in [1.82, 2.24) is 0 Å². The Hall–Kier alpha value is -3.96. The number of rotatable bonds is 8. The van der Waals surface area contributed by atoms with Crippen molar-refractivity contribution in [3.8, 4) is 11.1 Å². The lowest BCUT2D eigenvalue weighted by atomic mass is 9.80. The van der Waals surface area contributed by atoms with E-state index in [4.69, 9.17) is 0 Å². The van der Waals surface area contributed by atoms with Crippen molar-refractivity contribution in [2.75, 3.05) is 0 Å². The largest absolute Gasteiger partial charge is 0.207 e. The van der Waals surface area contributed by atoms with Gasteiger partial charge in [0.05, 0.1) is 5.16 Å². The van der Waals surface area contributed by atoms with Gasteiger partial charge in [-0.25, -0.2) is 8.78 Å². The van der Waals surface area contributed by atoms with Gasteiger partial charge in [0.15, 0.2) is 0 Å². The molecule has 206 valence electrons. The van der Waals surface area contributed by atoms with Crippen LogP contribution in [0.3, 0.4) is 0 Å². The van der Waals surface area contributed by atoms with Crippen LogP contribution >= 0.6 is 17.2 Å². The number of hydrogen-bond acceptors (Lipinski definition) is 0. The zero-order valence-corrected chi connectivity index (χ0v) is 25.0. The molecule has 0 aliphatic heterocycles. The third kappa shape index (κ3) is 5.71. The van der Waals surface area contributed by atoms with Crippen molar-refractivity contribution in [1.29, 1.82) is 0 Å². The van der Waals surface area contributed by atoms with Gasteiger partial charge in [-0.15, -0.1) is 9.24 Å². The van der Waals surface area contributed by atoms with E-state index < -0.39 is 13.1 Å². The fourth-order valence-corrected chi connectivity index (χ4v) is 8.58. The van der Waals surface area contributed by atoms with Gasteiger partial charge in [-0.3, -0.25) is 0 Å². The van der Waals surface area contributed by atoms with E-state index in [-0.39, 0.29) is 11.6 Å². The summed E-state index contributed by atoms with van der Waals surface area (Å²) >= 11 is 0. The Morgan fingerprint density at radius 3 is 1.43 bits per heavy atom. The molecule has 0 bridgehead atoms. The zero-order chi connectivity index (χ0) is 28.9. The molecule has 1 unspecified atom stereocenters. The molecule has 0 fully saturated rings. The minimum atomic E-state index is -0.741. The average Bonchev–Trinajstić information content (AvgIpc) is 3.05. The van der Waals surface area contributed by atoms with Crippen LogP contribution in [-0.2, 0) is 11.3 Å². The SMILES string of the molecule is Fc1ccc(C(P)(c2ccc(F)cc2)c2ccccc2-c2ccccc2CP(c2ccccc2)c2ccccc2)cc1. The van der Waals surface area contributed by atoms with Crippen LogP contribution in [0.4, 0.5) is 8.78 Å². The van der Waals surface area contributed by atoms with Crippen LogP contribution in [0, 0.1) is 11.6 Å². The first-order valence-electron chi connectivity index (χ1n) is 13.9. The van der Waals surface area contributed by atoms with Crippen molar-refractivity contribution in [2.45, 2.75) is 11.3 Å². The highest BCUT2D eigenvalue weighted by Crippen LogP contribution is 2.49. The van der Waals surface area contributed by atoms with Gasteiger partial charge in [-0.05, 0) is 76.2 Å². The quantitative estimate of drug-likeness (QED) is 0.123. The average molecular weight is 587 g/mol. The molecule has 1 atom stereocenters. The van der Waals surface area contributed by atoms with Gasteiger partial charge >= 0.3 is 0 Å². The van der Waals surface area contributed by atoms with E-state index in [1.165, 1.54) is 40.4 Å². The molecule has 0 saturated carbocycles. The molecule has 0 amide bonds. The second-order valence-corrected chi connectivity index (χ2v) is 13.4. The predicted octanol–water partition coefficient (Wildman–Crippen LogP) is 9.43. The summed E-state index contributed by atoms with van der Waals surface area (Å²) in [7, 11) is 2.37. The lowest BCUT2D eigenvalue weighted by molar-refractivity contribution is 0.625. The summed E-state index contributed by atoms with van der Waals surface area (Å²) in [5.74, 6) is -0.585. The second kappa shape index (κ2) is 12.5. The summed E-state index contributed by atoms with van der Waals surface area (Å²) in [6.45, 7) is 0. The minimum Gasteiger partial charge on any atom is -0.207 e. The zero-order valence-electron chi connectivity index (χ0n) is 23.0. The van der Waals surface area contributed by atoms with E-state index >= 15 is 0 Å². The molecule has 42 heavy (non-hydrogen) atoms. The Kier molecular flexibility index (Phi) is 8.38. The second-order valence-electron chi connectivity index (χ2n) is 10.3. The Bertz CT molecular complexity index is 1680. The van der Waals surface area contributed by atoms with Crippen LogP contribution in [-0.4, -0.2) is 0 Å². The molecular weight excluding hydrogens is 556 g/mol. The molecule has 0 saturated heterocycles. The smallest absolute Gasteiger partial charge is 0.123 e. The minimum absolute atomic E-state index is 0.293. The van der Waals surface area contributed by atoms with Crippen molar-refractivity contribution >= 4 is 27.8 Å². The van der Waals surface area contributed by atoms with Crippen LogP contribution < -0.4 is 10.6 Å². The third-order valence-corrected chi connectivity index (χ3v) is 11.2. The summed E-state index contributed by atoms with van der Waals surface area (Å²) < 4.78 is 28.2. The Morgan fingerprint density at radius 1 is 0.476 bits per heavy atom. The first-order chi connectivity index (χ1) is 20.5.